The average molecular weight is 871 g/mol. The van der Waals surface area contributed by atoms with Gasteiger partial charge in [-0.1, -0.05) is 0 Å². The minimum absolute atomic E-state index is 0. The first-order valence-electron chi connectivity index (χ1n) is 8.76. The molecular weight excluding hydrogens is 843 g/mol. The summed E-state index contributed by atoms with van der Waals surface area (Å²) in [6.45, 7) is 5.84. The van der Waals surface area contributed by atoms with Gasteiger partial charge >= 0.3 is 41.0 Å². The number of aryl methyl sites for hydroxylation is 2. The average Bonchev–Trinajstić information content (AvgIpc) is 3.43. The van der Waals surface area contributed by atoms with Crippen LogP contribution in [0.25, 0.3) is 0 Å². The van der Waals surface area contributed by atoms with Crippen LogP contribution in [0.2, 0.25) is 0 Å². The second-order valence-electron chi connectivity index (χ2n) is 6.70. The second kappa shape index (κ2) is 16.3. The number of hydrogen-bond donors (Lipinski definition) is 0. The summed E-state index contributed by atoms with van der Waals surface area (Å²) in [5.41, 5.74) is 0. The Morgan fingerprint density at radius 2 is 1.13 bits per heavy atom. The van der Waals surface area contributed by atoms with Crippen molar-refractivity contribution in [2.75, 3.05) is 20.8 Å². The molecule has 2 aromatic rings. The van der Waals surface area contributed by atoms with Gasteiger partial charge in [-0.2, -0.15) is 22.5 Å². The number of hydrogen-bond acceptors (Lipinski definition) is 4. The van der Waals surface area contributed by atoms with E-state index in [-0.39, 0.29) is 48.4 Å². The van der Waals surface area contributed by atoms with Crippen molar-refractivity contribution in [2.45, 2.75) is 6.67 Å². The summed E-state index contributed by atoms with van der Waals surface area (Å²) in [6, 6.07) is 0. The summed E-state index contributed by atoms with van der Waals surface area (Å²) in [6.07, 6.45) is 20.5. The molecule has 0 bridgehead atoms. The van der Waals surface area contributed by atoms with E-state index in [4.69, 9.17) is 0 Å². The Hall–Kier alpha value is -0.292. The van der Waals surface area contributed by atoms with Gasteiger partial charge in [-0.15, -0.1) is 0 Å². The van der Waals surface area contributed by atoms with E-state index >= 15 is 0 Å². The van der Waals surface area contributed by atoms with Gasteiger partial charge in [0, 0.05) is 6.67 Å². The molecule has 0 fully saturated rings. The molecule has 2 aromatic heterocycles. The molecule has 0 aliphatic carbocycles. The first kappa shape index (κ1) is 30.7. The van der Waals surface area contributed by atoms with Crippen LogP contribution in [0.1, 0.15) is 0 Å². The molecule has 0 saturated heterocycles. The van der Waals surface area contributed by atoms with E-state index < -0.39 is 0 Å². The maximum absolute atomic E-state index is 3.17. The number of halogens is 4. The SMILES string of the molecule is CN1C=CN(CN2C=CN(C)[CH-]2)[CH-]1.C[n+]1ccn(Cn2cc[n+](C)c2)c1.[Br-].[Br-].[Br][Pt+2][Br]. The van der Waals surface area contributed by atoms with Gasteiger partial charge in [-0.25, -0.2) is 9.13 Å². The van der Waals surface area contributed by atoms with Gasteiger partial charge in [0.05, 0.1) is 14.1 Å². The monoisotopic (exact) mass is 867 g/mol. The molecule has 0 saturated carbocycles. The predicted octanol–water partition coefficient (Wildman–Crippen LogP) is -4.24. The van der Waals surface area contributed by atoms with Crippen molar-refractivity contribution in [1.82, 2.24) is 28.7 Å². The normalized spacial score (nSPS) is 14.0. The van der Waals surface area contributed by atoms with E-state index in [2.05, 4.69) is 96.3 Å². The van der Waals surface area contributed by atoms with Gasteiger partial charge in [0.1, 0.15) is 24.8 Å². The van der Waals surface area contributed by atoms with Gasteiger partial charge in [-0.05, 0) is 38.9 Å². The summed E-state index contributed by atoms with van der Waals surface area (Å²) in [4.78, 5) is 8.31. The van der Waals surface area contributed by atoms with Gasteiger partial charge in [-0.3, -0.25) is 0 Å². The fraction of sp³-hybridized carbons (Fsp3) is 0.333. The Bertz CT molecular complexity index is 735. The Kier molecular flexibility index (Phi) is 16.2. The van der Waals surface area contributed by atoms with E-state index in [0.717, 1.165) is 13.3 Å². The van der Waals surface area contributed by atoms with Crippen LogP contribution >= 0.6 is 26.6 Å². The van der Waals surface area contributed by atoms with Crippen molar-refractivity contribution < 1.29 is 57.5 Å². The first-order valence-corrected chi connectivity index (χ1v) is 18.7. The zero-order valence-electron chi connectivity index (χ0n) is 17.7. The molecule has 178 valence electrons. The van der Waals surface area contributed by atoms with Crippen molar-refractivity contribution in [3.05, 3.63) is 75.6 Å². The molecule has 4 heterocycles. The third-order valence-corrected chi connectivity index (χ3v) is 3.95. The van der Waals surface area contributed by atoms with E-state index in [9.17, 15) is 0 Å². The molecule has 4 rings (SSSR count). The molecule has 0 radical (unpaired) electrons. The Morgan fingerprint density at radius 3 is 1.39 bits per heavy atom. The third kappa shape index (κ3) is 11.9. The number of rotatable bonds is 4. The van der Waals surface area contributed by atoms with E-state index in [1.807, 2.05) is 71.9 Å². The summed E-state index contributed by atoms with van der Waals surface area (Å²) in [5, 5.41) is 0. The molecule has 31 heavy (non-hydrogen) atoms. The number of imidazole rings is 2. The minimum atomic E-state index is 0. The van der Waals surface area contributed by atoms with Crippen LogP contribution in [0.15, 0.2) is 62.2 Å². The van der Waals surface area contributed by atoms with Crippen LogP contribution in [0.4, 0.5) is 0 Å². The van der Waals surface area contributed by atoms with Crippen LogP contribution in [0.3, 0.4) is 0 Å². The first-order chi connectivity index (χ1) is 13.9. The topological polar surface area (TPSA) is 30.6 Å². The van der Waals surface area contributed by atoms with Crippen molar-refractivity contribution >= 4 is 26.6 Å². The van der Waals surface area contributed by atoms with Crippen molar-refractivity contribution in [2.24, 2.45) is 14.1 Å². The summed E-state index contributed by atoms with van der Waals surface area (Å²) >= 11 is 6.56. The molecule has 0 atom stereocenters. The maximum atomic E-state index is 3.17. The molecular formula is C18H28Br4N8Pt. The van der Waals surface area contributed by atoms with Crippen LogP contribution in [0, 0.1) is 13.3 Å². The molecule has 2 aliphatic rings. The summed E-state index contributed by atoms with van der Waals surface area (Å²) in [5.74, 6) is 0. The molecule has 13 heteroatoms. The Balaban J connectivity index is 0.000000488. The molecule has 0 N–H and O–H groups in total. The quantitative estimate of drug-likeness (QED) is 0.231. The van der Waals surface area contributed by atoms with Crippen molar-refractivity contribution in [3.63, 3.8) is 0 Å². The molecule has 2 aliphatic heterocycles. The van der Waals surface area contributed by atoms with Gasteiger partial charge in [0.2, 0.25) is 19.3 Å². The van der Waals surface area contributed by atoms with Crippen LogP contribution in [0.5, 0.6) is 0 Å². The molecule has 0 spiro atoms. The third-order valence-electron chi connectivity index (χ3n) is 3.95. The van der Waals surface area contributed by atoms with Gasteiger partial charge in [0.25, 0.3) is 0 Å². The van der Waals surface area contributed by atoms with Crippen LogP contribution < -0.4 is 43.1 Å². The Labute approximate surface area is 228 Å². The fourth-order valence-electron chi connectivity index (χ4n) is 2.72. The molecule has 0 unspecified atom stereocenters. The number of nitrogens with zero attached hydrogens (tertiary/aromatic N) is 8. The van der Waals surface area contributed by atoms with E-state index in [1.165, 1.54) is 0 Å². The molecule has 0 amide bonds. The van der Waals surface area contributed by atoms with E-state index in [0.29, 0.717) is 0 Å². The van der Waals surface area contributed by atoms with E-state index in [1.54, 1.807) is 0 Å². The fourth-order valence-corrected chi connectivity index (χ4v) is 2.72. The van der Waals surface area contributed by atoms with Crippen LogP contribution in [-0.2, 0) is 35.2 Å². The zero-order chi connectivity index (χ0) is 21.2. The van der Waals surface area contributed by atoms with Gasteiger partial charge < -0.3 is 53.6 Å². The summed E-state index contributed by atoms with van der Waals surface area (Å²) < 4.78 is 8.31. The molecule has 8 nitrogen and oxygen atoms in total. The van der Waals surface area contributed by atoms with Crippen LogP contribution in [-0.4, -0.2) is 49.5 Å². The van der Waals surface area contributed by atoms with Crippen molar-refractivity contribution in [1.29, 1.82) is 0 Å². The zero-order valence-corrected chi connectivity index (χ0v) is 26.4. The standard InChI is InChI=1S/2C9H14N4.4BrH.Pt/c2*1-10-3-5-12(7-10)9-13-6-4-11(2)8-13;;;;;/h2*3-8H,9H2,1-2H3;4*1H;/q-2;+2;;;;;+4/p-4. The number of aromatic nitrogens is 4. The predicted molar refractivity (Wildman–Crippen MR) is 115 cm³/mol. The Morgan fingerprint density at radius 1 is 0.742 bits per heavy atom. The van der Waals surface area contributed by atoms with Gasteiger partial charge in [0.15, 0.2) is 0 Å². The second-order valence-corrected chi connectivity index (χ2v) is 16.6. The summed E-state index contributed by atoms with van der Waals surface area (Å²) in [7, 11) is 8.08. The molecule has 0 aromatic carbocycles. The van der Waals surface area contributed by atoms with Crippen molar-refractivity contribution in [3.8, 4) is 0 Å².